The van der Waals surface area contributed by atoms with E-state index >= 15 is 0 Å². The number of pyridine rings is 2. The number of nitrogen functional groups attached to an aromatic ring is 2. The average Bonchev–Trinajstić information content (AvgIpc) is 3.90. The molecule has 4 aromatic heterocycles. The summed E-state index contributed by atoms with van der Waals surface area (Å²) in [5.41, 5.74) is 25.2. The molecule has 4 unspecified atom stereocenters. The Bertz CT molecular complexity index is 1900. The lowest BCUT2D eigenvalue weighted by Gasteiger charge is -2.22. The van der Waals surface area contributed by atoms with Crippen LogP contribution >= 0.6 is 0 Å². The highest BCUT2D eigenvalue weighted by Crippen LogP contribution is 2.37. The highest BCUT2D eigenvalue weighted by Gasteiger charge is 2.47. The number of halogens is 1. The molecule has 0 aliphatic carbocycles. The number of aromatic nitrogens is 5. The van der Waals surface area contributed by atoms with Crippen LogP contribution in [0.1, 0.15) is 45.1 Å². The summed E-state index contributed by atoms with van der Waals surface area (Å²) in [5.74, 6) is -1.08. The number of hydrogen-bond donors (Lipinski definition) is 11. The molecule has 4 aromatic rings. The molecule has 2 saturated heterocycles. The van der Waals surface area contributed by atoms with Gasteiger partial charge in [0.15, 0.2) is 18.1 Å². The first-order valence-electron chi connectivity index (χ1n) is 17.4. The van der Waals surface area contributed by atoms with Gasteiger partial charge in [0.2, 0.25) is 11.8 Å². The Morgan fingerprint density at radius 2 is 1.41 bits per heavy atom. The van der Waals surface area contributed by atoms with Gasteiger partial charge in [-0.1, -0.05) is 13.3 Å². The van der Waals surface area contributed by atoms with Crippen LogP contribution in [0.5, 0.6) is 5.75 Å². The van der Waals surface area contributed by atoms with Gasteiger partial charge in [-0.2, -0.15) is 0 Å². The minimum absolute atomic E-state index is 0.107. The van der Waals surface area contributed by atoms with E-state index in [1.807, 2.05) is 6.92 Å². The van der Waals surface area contributed by atoms with Crippen molar-refractivity contribution in [3.05, 3.63) is 37.1 Å². The molecule has 296 valence electrons. The van der Waals surface area contributed by atoms with Crippen LogP contribution in [0.25, 0.3) is 22.2 Å². The van der Waals surface area contributed by atoms with Crippen molar-refractivity contribution in [1.82, 2.24) is 34.7 Å². The van der Waals surface area contributed by atoms with Gasteiger partial charge in [-0.05, 0) is 31.4 Å². The van der Waals surface area contributed by atoms with E-state index in [2.05, 4.69) is 25.6 Å². The standard InChI is InChI=1S/C17H25N5O5.C16H23FN6O4/c1-2-3-9(19)16(26)21-13-11(7-23)27-17(14(13)25)22-6-10(24)12-8(18)4-5-20-15(12)22;17-4-1-2-9(19)15(26)22-12-10(6-24)27-16(13(12)25)23-7-21-11-8(18)3-5-20-14(11)23/h4-6,9,11,13-14,17,23-25H,2-3,7,19H2,1H3,(H2,18,20)(H,21,26);3,5,7,9-10,12-13,16,24-25H,1-2,4,6,19H2,(H2,18,20)(H,22,26)/t9?,11-,13+,14?,17-;9?,10-,12+,13?,16-/m11/s1. The molecule has 2 fully saturated rings. The third-order valence-corrected chi connectivity index (χ3v) is 9.42. The zero-order chi connectivity index (χ0) is 39.3. The lowest BCUT2D eigenvalue weighted by Crippen LogP contribution is -2.53. The fourth-order valence-corrected chi connectivity index (χ4v) is 6.54. The number of fused-ring (bicyclic) bond motifs is 2. The topological polar surface area (TPSA) is 330 Å². The van der Waals surface area contributed by atoms with E-state index in [1.54, 1.807) is 12.1 Å². The van der Waals surface area contributed by atoms with Crippen molar-refractivity contribution in [3.63, 3.8) is 0 Å². The zero-order valence-electron chi connectivity index (χ0n) is 29.5. The van der Waals surface area contributed by atoms with Crippen molar-refractivity contribution in [2.24, 2.45) is 11.5 Å². The lowest BCUT2D eigenvalue weighted by atomic mass is 10.1. The molecule has 0 aromatic carbocycles. The Balaban J connectivity index is 0.000000208. The van der Waals surface area contributed by atoms with E-state index in [0.717, 1.165) is 6.42 Å². The second kappa shape index (κ2) is 17.6. The number of ether oxygens (including phenoxy) is 2. The molecule has 2 aliphatic heterocycles. The van der Waals surface area contributed by atoms with Gasteiger partial charge in [-0.15, -0.1) is 0 Å². The first kappa shape index (κ1) is 40.4. The molecule has 0 bridgehead atoms. The summed E-state index contributed by atoms with van der Waals surface area (Å²) in [4.78, 5) is 37.0. The third-order valence-electron chi connectivity index (χ3n) is 9.42. The number of anilines is 2. The maximum atomic E-state index is 12.3. The van der Waals surface area contributed by atoms with Gasteiger partial charge >= 0.3 is 0 Å². The fraction of sp³-hybridized carbons (Fsp3) is 0.545. The highest BCUT2D eigenvalue weighted by molar-refractivity contribution is 5.94. The number of alkyl halides is 1. The first-order valence-corrected chi connectivity index (χ1v) is 17.4. The summed E-state index contributed by atoms with van der Waals surface area (Å²) in [6.45, 7) is 0.500. The maximum absolute atomic E-state index is 12.3. The monoisotopic (exact) mass is 761 g/mol. The number of hydrogen-bond acceptors (Lipinski definition) is 16. The number of amides is 2. The van der Waals surface area contributed by atoms with Gasteiger partial charge in [-0.3, -0.25) is 23.1 Å². The zero-order valence-corrected chi connectivity index (χ0v) is 29.5. The van der Waals surface area contributed by atoms with Crippen LogP contribution in [-0.2, 0) is 19.1 Å². The Labute approximate surface area is 308 Å². The number of nitrogens with one attached hydrogen (secondary N) is 2. The number of rotatable bonds is 13. The predicted molar refractivity (Wildman–Crippen MR) is 192 cm³/mol. The average molecular weight is 762 g/mol. The van der Waals surface area contributed by atoms with Crippen molar-refractivity contribution in [2.45, 2.75) is 93.6 Å². The molecular formula is C33H48FN11O9. The number of carbonyl (C=O) groups is 2. The Morgan fingerprint density at radius 1 is 0.870 bits per heavy atom. The van der Waals surface area contributed by atoms with Crippen LogP contribution < -0.4 is 33.6 Å². The van der Waals surface area contributed by atoms with Crippen molar-refractivity contribution in [3.8, 4) is 5.75 Å². The quantitative estimate of drug-likeness (QED) is 0.0703. The molecule has 15 N–H and O–H groups in total. The van der Waals surface area contributed by atoms with Crippen LogP contribution in [0, 0.1) is 0 Å². The molecular weight excluding hydrogens is 713 g/mol. The molecule has 6 rings (SSSR count). The second-order valence-electron chi connectivity index (χ2n) is 13.1. The van der Waals surface area contributed by atoms with E-state index in [-0.39, 0.29) is 18.6 Å². The third kappa shape index (κ3) is 8.17. The molecule has 54 heavy (non-hydrogen) atoms. The highest BCUT2D eigenvalue weighted by atomic mass is 19.1. The van der Waals surface area contributed by atoms with E-state index < -0.39 is 92.7 Å². The Morgan fingerprint density at radius 3 is 1.96 bits per heavy atom. The largest absolute Gasteiger partial charge is 0.506 e. The van der Waals surface area contributed by atoms with Crippen LogP contribution in [0.15, 0.2) is 37.1 Å². The smallest absolute Gasteiger partial charge is 0.237 e. The van der Waals surface area contributed by atoms with E-state index in [9.17, 15) is 39.5 Å². The van der Waals surface area contributed by atoms with Gasteiger partial charge in [0.05, 0.1) is 67.7 Å². The summed E-state index contributed by atoms with van der Waals surface area (Å²) in [5, 5.41) is 56.4. The number of aliphatic hydroxyl groups excluding tert-OH is 4. The molecule has 21 heteroatoms. The number of nitrogens with zero attached hydrogens (tertiary/aromatic N) is 5. The first-order chi connectivity index (χ1) is 25.9. The number of carbonyl (C=O) groups excluding carboxylic acids is 2. The predicted octanol–water partition coefficient (Wildman–Crippen LogP) is -1.99. The van der Waals surface area contributed by atoms with Crippen molar-refractivity contribution >= 4 is 45.4 Å². The Hall–Kier alpha value is -4.74. The normalized spacial score (nSPS) is 26.4. The van der Waals surface area contributed by atoms with E-state index in [4.69, 9.17) is 32.4 Å². The van der Waals surface area contributed by atoms with E-state index in [1.165, 1.54) is 34.1 Å². The number of aromatic hydroxyl groups is 1. The molecule has 6 heterocycles. The van der Waals surface area contributed by atoms with Gasteiger partial charge in [0, 0.05) is 18.1 Å². The summed E-state index contributed by atoms with van der Waals surface area (Å²) in [6.07, 6.45) is 1.33. The van der Waals surface area contributed by atoms with Crippen molar-refractivity contribution in [2.75, 3.05) is 31.4 Å². The summed E-state index contributed by atoms with van der Waals surface area (Å²) in [7, 11) is 0. The van der Waals surface area contributed by atoms with Gasteiger partial charge in [-0.25, -0.2) is 15.0 Å². The SMILES string of the molecule is CCCC(N)C(=O)N[C@@H]1C(O)[C@H](n2cc(O)c3c(N)ccnc32)O[C@@H]1CO.Nc1ccnc2c1ncn2[C@@H]1O[C@H](CO)[C@H](NC(=O)C(N)CCCF)C1O. The molecule has 0 radical (unpaired) electrons. The molecule has 0 saturated carbocycles. The van der Waals surface area contributed by atoms with Crippen LogP contribution in [0.3, 0.4) is 0 Å². The second-order valence-corrected chi connectivity index (χ2v) is 13.1. The summed E-state index contributed by atoms with van der Waals surface area (Å²) in [6, 6.07) is -0.240. The lowest BCUT2D eigenvalue weighted by molar-refractivity contribution is -0.125. The molecule has 2 amide bonds. The van der Waals surface area contributed by atoms with Gasteiger partial charge in [0.25, 0.3) is 0 Å². The maximum Gasteiger partial charge on any atom is 0.237 e. The van der Waals surface area contributed by atoms with Crippen molar-refractivity contribution in [1.29, 1.82) is 0 Å². The number of imidazole rings is 1. The summed E-state index contributed by atoms with van der Waals surface area (Å²) >= 11 is 0. The minimum Gasteiger partial charge on any atom is -0.506 e. The number of nitrogens with two attached hydrogens (primary N) is 4. The molecule has 0 spiro atoms. The molecule has 10 atom stereocenters. The van der Waals surface area contributed by atoms with E-state index in [0.29, 0.717) is 40.0 Å². The van der Waals surface area contributed by atoms with Crippen LogP contribution in [0.4, 0.5) is 15.8 Å². The molecule has 2 aliphatic rings. The van der Waals surface area contributed by atoms with Crippen molar-refractivity contribution < 1.29 is 49.0 Å². The molecule has 20 nitrogen and oxygen atoms in total. The Kier molecular flexibility index (Phi) is 13.2. The number of aliphatic hydroxyl groups is 4. The van der Waals surface area contributed by atoms with Crippen LogP contribution in [-0.4, -0.2) is 130 Å². The van der Waals surface area contributed by atoms with Gasteiger partial charge in [0.1, 0.15) is 41.3 Å². The van der Waals surface area contributed by atoms with Gasteiger partial charge < -0.3 is 68.6 Å². The fourth-order valence-electron chi connectivity index (χ4n) is 6.54. The summed E-state index contributed by atoms with van der Waals surface area (Å²) < 4.78 is 26.6. The van der Waals surface area contributed by atoms with Crippen LogP contribution in [0.2, 0.25) is 0 Å². The minimum atomic E-state index is -1.20.